The molecule has 0 saturated carbocycles. The molecule has 0 fully saturated rings. The maximum atomic E-state index is 12.0. The second-order valence-electron chi connectivity index (χ2n) is 5.04. The summed E-state index contributed by atoms with van der Waals surface area (Å²) >= 11 is 0. The van der Waals surface area contributed by atoms with Gasteiger partial charge >= 0.3 is 0 Å². The first kappa shape index (κ1) is 14.2. The molecule has 0 aromatic carbocycles. The third-order valence-electron chi connectivity index (χ3n) is 2.62. The van der Waals surface area contributed by atoms with Gasteiger partial charge in [0, 0.05) is 11.8 Å². The zero-order chi connectivity index (χ0) is 14.9. The lowest BCUT2D eigenvalue weighted by Crippen LogP contribution is -2.30. The second-order valence-corrected chi connectivity index (χ2v) is 5.04. The van der Waals surface area contributed by atoms with Crippen molar-refractivity contribution < 1.29 is 9.26 Å². The molecule has 0 aliphatic heterocycles. The van der Waals surface area contributed by atoms with Gasteiger partial charge in [-0.25, -0.2) is 4.98 Å². The number of aromatic nitrogens is 4. The summed E-state index contributed by atoms with van der Waals surface area (Å²) in [6.07, 6.45) is 0. The van der Waals surface area contributed by atoms with Crippen molar-refractivity contribution in [2.45, 2.75) is 32.9 Å². The van der Waals surface area contributed by atoms with E-state index < -0.39 is 5.54 Å². The Labute approximate surface area is 115 Å². The van der Waals surface area contributed by atoms with Crippen molar-refractivity contribution in [1.29, 1.82) is 0 Å². The van der Waals surface area contributed by atoms with E-state index in [1.165, 1.54) is 17.7 Å². The van der Waals surface area contributed by atoms with E-state index in [2.05, 4.69) is 15.1 Å². The molecule has 2 aromatic rings. The average molecular weight is 279 g/mol. The lowest BCUT2D eigenvalue weighted by molar-refractivity contribution is 0.323. The van der Waals surface area contributed by atoms with E-state index in [0.717, 1.165) is 0 Å². The normalized spacial score (nSPS) is 11.7. The van der Waals surface area contributed by atoms with Crippen molar-refractivity contribution in [1.82, 2.24) is 19.7 Å². The second kappa shape index (κ2) is 5.04. The van der Waals surface area contributed by atoms with Gasteiger partial charge in [0.05, 0.1) is 12.6 Å². The number of rotatable bonds is 4. The van der Waals surface area contributed by atoms with Crippen LogP contribution in [-0.4, -0.2) is 26.8 Å². The minimum Gasteiger partial charge on any atom is -0.468 e. The predicted octanol–water partition coefficient (Wildman–Crippen LogP) is 0.185. The van der Waals surface area contributed by atoms with Gasteiger partial charge in [-0.15, -0.1) is 0 Å². The molecule has 8 nitrogen and oxygen atoms in total. The third kappa shape index (κ3) is 2.85. The van der Waals surface area contributed by atoms with E-state index in [1.54, 1.807) is 20.8 Å². The Morgan fingerprint density at radius 2 is 2.15 bits per heavy atom. The molecule has 0 unspecified atom stereocenters. The van der Waals surface area contributed by atoms with Crippen LogP contribution in [0.15, 0.2) is 15.4 Å². The third-order valence-corrected chi connectivity index (χ3v) is 2.62. The summed E-state index contributed by atoms with van der Waals surface area (Å²) in [5.41, 5.74) is 5.50. The van der Waals surface area contributed by atoms with E-state index in [4.69, 9.17) is 15.0 Å². The Morgan fingerprint density at radius 3 is 2.70 bits per heavy atom. The maximum absolute atomic E-state index is 12.0. The zero-order valence-electron chi connectivity index (χ0n) is 11.9. The van der Waals surface area contributed by atoms with Crippen LogP contribution in [-0.2, 0) is 12.1 Å². The number of hydrogen-bond donors (Lipinski definition) is 1. The molecule has 2 rings (SSSR count). The van der Waals surface area contributed by atoms with Gasteiger partial charge in [-0.05, 0) is 20.8 Å². The van der Waals surface area contributed by atoms with Crippen LogP contribution in [0.2, 0.25) is 0 Å². The standard InChI is InChI=1S/C12H17N5O3/c1-7-5-9(18)17(11(14-7)19-4)6-8-15-10(16-20-8)12(2,3)13/h5H,6,13H2,1-4H3. The molecule has 2 heterocycles. The number of ether oxygens (including phenoxy) is 1. The Hall–Kier alpha value is -2.22. The van der Waals surface area contributed by atoms with Crippen molar-refractivity contribution in [2.24, 2.45) is 5.73 Å². The van der Waals surface area contributed by atoms with Crippen molar-refractivity contribution in [3.8, 4) is 6.01 Å². The van der Waals surface area contributed by atoms with Crippen LogP contribution in [0, 0.1) is 6.92 Å². The van der Waals surface area contributed by atoms with Crippen LogP contribution in [0.1, 0.15) is 31.3 Å². The summed E-state index contributed by atoms with van der Waals surface area (Å²) in [5.74, 6) is 0.643. The Morgan fingerprint density at radius 1 is 1.45 bits per heavy atom. The monoisotopic (exact) mass is 279 g/mol. The molecule has 20 heavy (non-hydrogen) atoms. The lowest BCUT2D eigenvalue weighted by Gasteiger charge is -2.11. The molecular formula is C12H17N5O3. The molecular weight excluding hydrogens is 262 g/mol. The van der Waals surface area contributed by atoms with Crippen LogP contribution in [0.4, 0.5) is 0 Å². The van der Waals surface area contributed by atoms with Crippen molar-refractivity contribution in [3.63, 3.8) is 0 Å². The first-order valence-corrected chi connectivity index (χ1v) is 6.05. The summed E-state index contributed by atoms with van der Waals surface area (Å²) in [4.78, 5) is 20.3. The van der Waals surface area contributed by atoms with E-state index >= 15 is 0 Å². The minimum atomic E-state index is -0.706. The van der Waals surface area contributed by atoms with Crippen LogP contribution in [0.5, 0.6) is 6.01 Å². The van der Waals surface area contributed by atoms with Gasteiger partial charge in [0.2, 0.25) is 5.89 Å². The first-order valence-electron chi connectivity index (χ1n) is 6.05. The average Bonchev–Trinajstić information content (AvgIpc) is 2.80. The fourth-order valence-corrected chi connectivity index (χ4v) is 1.61. The fraction of sp³-hybridized carbons (Fsp3) is 0.500. The molecule has 2 aromatic heterocycles. The van der Waals surface area contributed by atoms with Crippen LogP contribution in [0.25, 0.3) is 0 Å². The van der Waals surface area contributed by atoms with E-state index in [1.807, 2.05) is 0 Å². The number of hydrogen-bond acceptors (Lipinski definition) is 7. The Bertz CT molecular complexity index is 668. The fourth-order valence-electron chi connectivity index (χ4n) is 1.61. The molecule has 2 N–H and O–H groups in total. The van der Waals surface area contributed by atoms with E-state index in [-0.39, 0.29) is 24.0 Å². The molecule has 0 saturated heterocycles. The topological polar surface area (TPSA) is 109 Å². The molecule has 0 amide bonds. The summed E-state index contributed by atoms with van der Waals surface area (Å²) < 4.78 is 11.5. The number of aryl methyl sites for hydroxylation is 1. The smallest absolute Gasteiger partial charge is 0.299 e. The van der Waals surface area contributed by atoms with Gasteiger partial charge in [-0.2, -0.15) is 4.98 Å². The predicted molar refractivity (Wildman–Crippen MR) is 70.4 cm³/mol. The van der Waals surface area contributed by atoms with Gasteiger partial charge in [-0.3, -0.25) is 9.36 Å². The Balaban J connectivity index is 2.35. The van der Waals surface area contributed by atoms with Crippen LogP contribution >= 0.6 is 0 Å². The van der Waals surface area contributed by atoms with E-state index in [0.29, 0.717) is 11.5 Å². The lowest BCUT2D eigenvalue weighted by atomic mass is 10.1. The van der Waals surface area contributed by atoms with Gasteiger partial charge in [0.25, 0.3) is 11.6 Å². The number of nitrogens with zero attached hydrogens (tertiary/aromatic N) is 4. The first-order chi connectivity index (χ1) is 9.31. The van der Waals surface area contributed by atoms with Crippen molar-refractivity contribution in [3.05, 3.63) is 33.8 Å². The highest BCUT2D eigenvalue weighted by atomic mass is 16.5. The Kier molecular flexibility index (Phi) is 3.58. The van der Waals surface area contributed by atoms with Gasteiger partial charge in [0.1, 0.15) is 6.54 Å². The highest BCUT2D eigenvalue weighted by Crippen LogP contribution is 2.14. The van der Waals surface area contributed by atoms with Crippen LogP contribution in [0.3, 0.4) is 0 Å². The summed E-state index contributed by atoms with van der Waals surface area (Å²) in [7, 11) is 1.44. The maximum Gasteiger partial charge on any atom is 0.299 e. The SMILES string of the molecule is COc1nc(C)cc(=O)n1Cc1nc(C(C)(C)N)no1. The number of nitrogens with two attached hydrogens (primary N) is 1. The van der Waals surface area contributed by atoms with Crippen molar-refractivity contribution >= 4 is 0 Å². The zero-order valence-corrected chi connectivity index (χ0v) is 11.9. The molecule has 0 aliphatic carbocycles. The molecule has 0 atom stereocenters. The molecule has 0 aliphatic rings. The number of methoxy groups -OCH3 is 1. The summed E-state index contributed by atoms with van der Waals surface area (Å²) in [6, 6.07) is 1.61. The summed E-state index contributed by atoms with van der Waals surface area (Å²) in [5, 5.41) is 3.80. The molecule has 0 radical (unpaired) electrons. The van der Waals surface area contributed by atoms with Crippen LogP contribution < -0.4 is 16.0 Å². The highest BCUT2D eigenvalue weighted by Gasteiger charge is 2.22. The molecule has 0 spiro atoms. The molecule has 8 heteroatoms. The summed E-state index contributed by atoms with van der Waals surface area (Å²) in [6.45, 7) is 5.33. The largest absolute Gasteiger partial charge is 0.468 e. The van der Waals surface area contributed by atoms with E-state index in [9.17, 15) is 4.79 Å². The van der Waals surface area contributed by atoms with Gasteiger partial charge in [-0.1, -0.05) is 5.16 Å². The quantitative estimate of drug-likeness (QED) is 0.850. The van der Waals surface area contributed by atoms with Crippen molar-refractivity contribution in [2.75, 3.05) is 7.11 Å². The molecule has 108 valence electrons. The van der Waals surface area contributed by atoms with Gasteiger partial charge in [0.15, 0.2) is 5.82 Å². The minimum absolute atomic E-state index is 0.0817. The molecule has 0 bridgehead atoms. The highest BCUT2D eigenvalue weighted by molar-refractivity contribution is 5.08. The van der Waals surface area contributed by atoms with Gasteiger partial charge < -0.3 is 15.0 Å².